The fraction of sp³-hybridized carbons (Fsp3) is 0.222. The average Bonchev–Trinajstić information content (AvgIpc) is 2.60. The molecule has 0 bridgehead atoms. The van der Waals surface area contributed by atoms with E-state index in [0.29, 0.717) is 22.7 Å². The smallest absolute Gasteiger partial charge is 0.316 e. The van der Waals surface area contributed by atoms with Crippen molar-refractivity contribution >= 4 is 17.6 Å². The Kier molecular flexibility index (Phi) is 5.84. The van der Waals surface area contributed by atoms with Gasteiger partial charge >= 0.3 is 6.03 Å². The van der Waals surface area contributed by atoms with Crippen molar-refractivity contribution in [3.63, 3.8) is 0 Å². The SMILES string of the molecule is COc1ccc(OC)c([C@H](C)NC(=O)c2cccc(NC(N)=O)c2)c1. The molecule has 2 rings (SSSR count). The average molecular weight is 343 g/mol. The van der Waals surface area contributed by atoms with Gasteiger partial charge in [-0.05, 0) is 43.3 Å². The van der Waals surface area contributed by atoms with E-state index in [2.05, 4.69) is 10.6 Å². The van der Waals surface area contributed by atoms with Crippen LogP contribution >= 0.6 is 0 Å². The maximum atomic E-state index is 12.5. The number of ether oxygens (including phenoxy) is 2. The van der Waals surface area contributed by atoms with E-state index in [1.165, 1.54) is 0 Å². The van der Waals surface area contributed by atoms with Crippen molar-refractivity contribution in [1.29, 1.82) is 0 Å². The number of hydrogen-bond donors (Lipinski definition) is 3. The predicted octanol–water partition coefficient (Wildman–Crippen LogP) is 2.69. The lowest BCUT2D eigenvalue weighted by molar-refractivity contribution is 0.0939. The Morgan fingerprint density at radius 3 is 2.48 bits per heavy atom. The van der Waals surface area contributed by atoms with Gasteiger partial charge in [0.25, 0.3) is 5.91 Å². The number of carbonyl (C=O) groups is 2. The minimum Gasteiger partial charge on any atom is -0.497 e. The van der Waals surface area contributed by atoms with Crippen LogP contribution in [0.1, 0.15) is 28.9 Å². The number of rotatable bonds is 6. The second-order valence-electron chi connectivity index (χ2n) is 5.37. The van der Waals surface area contributed by atoms with Gasteiger partial charge in [0.05, 0.1) is 20.3 Å². The lowest BCUT2D eigenvalue weighted by Gasteiger charge is -2.18. The number of carbonyl (C=O) groups excluding carboxylic acids is 2. The number of anilines is 1. The van der Waals surface area contributed by atoms with Gasteiger partial charge in [0, 0.05) is 16.8 Å². The van der Waals surface area contributed by atoms with E-state index >= 15 is 0 Å². The molecule has 132 valence electrons. The van der Waals surface area contributed by atoms with Gasteiger partial charge in [-0.15, -0.1) is 0 Å². The standard InChI is InChI=1S/C18H21N3O4/c1-11(15-10-14(24-2)7-8-16(15)25-3)20-17(22)12-5-4-6-13(9-12)21-18(19)23/h4-11H,1-3H3,(H,20,22)(H3,19,21,23)/t11-/m0/s1. The molecule has 0 unspecified atom stereocenters. The molecule has 25 heavy (non-hydrogen) atoms. The van der Waals surface area contributed by atoms with E-state index in [4.69, 9.17) is 15.2 Å². The Morgan fingerprint density at radius 1 is 1.08 bits per heavy atom. The van der Waals surface area contributed by atoms with Crippen molar-refractivity contribution < 1.29 is 19.1 Å². The Balaban J connectivity index is 2.19. The number of amides is 3. The van der Waals surface area contributed by atoms with Crippen LogP contribution in [-0.2, 0) is 0 Å². The van der Waals surface area contributed by atoms with E-state index in [0.717, 1.165) is 5.56 Å². The van der Waals surface area contributed by atoms with Gasteiger partial charge in [-0.25, -0.2) is 4.79 Å². The van der Waals surface area contributed by atoms with Crippen LogP contribution in [0, 0.1) is 0 Å². The van der Waals surface area contributed by atoms with Crippen LogP contribution in [-0.4, -0.2) is 26.2 Å². The Hall–Kier alpha value is -3.22. The summed E-state index contributed by atoms with van der Waals surface area (Å²) in [6, 6.07) is 10.9. The summed E-state index contributed by atoms with van der Waals surface area (Å²) < 4.78 is 10.6. The summed E-state index contributed by atoms with van der Waals surface area (Å²) in [5, 5.41) is 5.34. The van der Waals surface area contributed by atoms with E-state index in [1.807, 2.05) is 13.0 Å². The van der Waals surface area contributed by atoms with Crippen LogP contribution in [0.15, 0.2) is 42.5 Å². The van der Waals surface area contributed by atoms with Crippen molar-refractivity contribution in [2.24, 2.45) is 5.73 Å². The number of benzene rings is 2. The molecule has 0 heterocycles. The first kappa shape index (κ1) is 18.1. The topological polar surface area (TPSA) is 103 Å². The summed E-state index contributed by atoms with van der Waals surface area (Å²) in [7, 11) is 3.14. The molecule has 0 aliphatic heterocycles. The molecular weight excluding hydrogens is 322 g/mol. The third-order valence-electron chi connectivity index (χ3n) is 3.64. The molecule has 0 aromatic heterocycles. The number of nitrogens with one attached hydrogen (secondary N) is 2. The summed E-state index contributed by atoms with van der Waals surface area (Å²) in [4.78, 5) is 23.4. The summed E-state index contributed by atoms with van der Waals surface area (Å²) >= 11 is 0. The molecule has 0 aliphatic rings. The van der Waals surface area contributed by atoms with Crippen molar-refractivity contribution in [3.8, 4) is 11.5 Å². The van der Waals surface area contributed by atoms with Gasteiger partial charge < -0.3 is 25.8 Å². The highest BCUT2D eigenvalue weighted by Gasteiger charge is 2.16. The minimum absolute atomic E-state index is 0.287. The molecule has 0 fully saturated rings. The van der Waals surface area contributed by atoms with Gasteiger partial charge in [-0.1, -0.05) is 6.07 Å². The van der Waals surface area contributed by atoms with Crippen molar-refractivity contribution in [2.45, 2.75) is 13.0 Å². The number of primary amides is 1. The van der Waals surface area contributed by atoms with Gasteiger partial charge in [0.15, 0.2) is 0 Å². The van der Waals surface area contributed by atoms with Crippen LogP contribution in [0.3, 0.4) is 0 Å². The largest absolute Gasteiger partial charge is 0.497 e. The van der Waals surface area contributed by atoms with Crippen molar-refractivity contribution in [2.75, 3.05) is 19.5 Å². The summed E-state index contributed by atoms with van der Waals surface area (Å²) in [5.41, 5.74) is 6.74. The van der Waals surface area contributed by atoms with E-state index in [9.17, 15) is 9.59 Å². The van der Waals surface area contributed by atoms with Gasteiger partial charge in [-0.3, -0.25) is 4.79 Å². The van der Waals surface area contributed by atoms with Crippen LogP contribution in [0.25, 0.3) is 0 Å². The zero-order chi connectivity index (χ0) is 18.4. The molecule has 3 amide bonds. The van der Waals surface area contributed by atoms with E-state index < -0.39 is 6.03 Å². The summed E-state index contributed by atoms with van der Waals surface area (Å²) in [6.45, 7) is 1.85. The molecule has 4 N–H and O–H groups in total. The van der Waals surface area contributed by atoms with E-state index in [1.54, 1.807) is 50.6 Å². The maximum Gasteiger partial charge on any atom is 0.316 e. The fourth-order valence-corrected chi connectivity index (χ4v) is 2.42. The van der Waals surface area contributed by atoms with Crippen molar-refractivity contribution in [3.05, 3.63) is 53.6 Å². The maximum absolute atomic E-state index is 12.5. The molecule has 0 aliphatic carbocycles. The number of methoxy groups -OCH3 is 2. The first-order valence-electron chi connectivity index (χ1n) is 7.64. The zero-order valence-electron chi connectivity index (χ0n) is 14.3. The highest BCUT2D eigenvalue weighted by atomic mass is 16.5. The molecular formula is C18H21N3O4. The first-order valence-corrected chi connectivity index (χ1v) is 7.64. The molecule has 0 saturated heterocycles. The highest BCUT2D eigenvalue weighted by molar-refractivity contribution is 5.96. The molecule has 2 aromatic rings. The second kappa shape index (κ2) is 8.05. The Bertz CT molecular complexity index is 777. The molecule has 7 nitrogen and oxygen atoms in total. The zero-order valence-corrected chi connectivity index (χ0v) is 14.3. The minimum atomic E-state index is -0.688. The number of hydrogen-bond acceptors (Lipinski definition) is 4. The van der Waals surface area contributed by atoms with E-state index in [-0.39, 0.29) is 11.9 Å². The quantitative estimate of drug-likeness (QED) is 0.750. The summed E-state index contributed by atoms with van der Waals surface area (Å²) in [6.07, 6.45) is 0. The molecule has 2 aromatic carbocycles. The molecule has 1 atom stereocenters. The van der Waals surface area contributed by atoms with Crippen LogP contribution in [0.4, 0.5) is 10.5 Å². The fourth-order valence-electron chi connectivity index (χ4n) is 2.42. The molecule has 0 radical (unpaired) electrons. The first-order chi connectivity index (χ1) is 11.9. The second-order valence-corrected chi connectivity index (χ2v) is 5.37. The number of nitrogens with two attached hydrogens (primary N) is 1. The highest BCUT2D eigenvalue weighted by Crippen LogP contribution is 2.29. The normalized spacial score (nSPS) is 11.3. The molecule has 0 saturated carbocycles. The van der Waals surface area contributed by atoms with Crippen LogP contribution in [0.2, 0.25) is 0 Å². The van der Waals surface area contributed by atoms with Crippen molar-refractivity contribution in [1.82, 2.24) is 5.32 Å². The Morgan fingerprint density at radius 2 is 1.84 bits per heavy atom. The van der Waals surface area contributed by atoms with Gasteiger partial charge in [-0.2, -0.15) is 0 Å². The summed E-state index contributed by atoms with van der Waals surface area (Å²) in [5.74, 6) is 1.03. The Labute approximate surface area is 146 Å². The van der Waals surface area contributed by atoms with Crippen LogP contribution < -0.4 is 25.8 Å². The third-order valence-corrected chi connectivity index (χ3v) is 3.64. The predicted molar refractivity (Wildman–Crippen MR) is 95.1 cm³/mol. The number of urea groups is 1. The third kappa shape index (κ3) is 4.63. The monoisotopic (exact) mass is 343 g/mol. The van der Waals surface area contributed by atoms with Gasteiger partial charge in [0.1, 0.15) is 11.5 Å². The lowest BCUT2D eigenvalue weighted by Crippen LogP contribution is -2.27. The van der Waals surface area contributed by atoms with Gasteiger partial charge in [0.2, 0.25) is 0 Å². The molecule has 0 spiro atoms. The van der Waals surface area contributed by atoms with Crippen LogP contribution in [0.5, 0.6) is 11.5 Å². The lowest BCUT2D eigenvalue weighted by atomic mass is 10.1. The molecule has 7 heteroatoms.